The largest absolute Gasteiger partial charge is 0.492 e. The number of para-hydroxylation sites is 1. The van der Waals surface area contributed by atoms with Crippen molar-refractivity contribution in [1.82, 2.24) is 25.1 Å². The molecule has 8 heteroatoms. The van der Waals surface area contributed by atoms with Crippen molar-refractivity contribution in [3.63, 3.8) is 0 Å². The number of amides is 1. The summed E-state index contributed by atoms with van der Waals surface area (Å²) in [5.74, 6) is 0.991. The van der Waals surface area contributed by atoms with Gasteiger partial charge in [0.2, 0.25) is 0 Å². The first-order chi connectivity index (χ1) is 16.1. The minimum absolute atomic E-state index is 0.155. The molecule has 1 amide bonds. The highest BCUT2D eigenvalue weighted by atomic mass is 16.5. The first-order valence-electron chi connectivity index (χ1n) is 10.8. The maximum Gasteiger partial charge on any atom is 0.272 e. The van der Waals surface area contributed by atoms with Gasteiger partial charge in [-0.25, -0.2) is 9.67 Å². The van der Waals surface area contributed by atoms with E-state index in [9.17, 15) is 9.59 Å². The number of hydrogen-bond acceptors (Lipinski definition) is 5. The third-order valence-electron chi connectivity index (χ3n) is 5.14. The van der Waals surface area contributed by atoms with E-state index in [1.54, 1.807) is 6.20 Å². The molecule has 0 saturated heterocycles. The van der Waals surface area contributed by atoms with Crippen molar-refractivity contribution in [3.8, 4) is 17.0 Å². The second-order valence-corrected chi connectivity index (χ2v) is 7.42. The number of rotatable bonds is 9. The highest BCUT2D eigenvalue weighted by molar-refractivity contribution is 5.92. The minimum atomic E-state index is -0.378. The van der Waals surface area contributed by atoms with Gasteiger partial charge < -0.3 is 15.0 Å². The van der Waals surface area contributed by atoms with Gasteiger partial charge in [0, 0.05) is 6.07 Å². The molecule has 0 radical (unpaired) electrons. The maximum absolute atomic E-state index is 12.9. The van der Waals surface area contributed by atoms with Crippen LogP contribution in [0.2, 0.25) is 0 Å². The molecule has 4 rings (SSSR count). The Labute approximate surface area is 191 Å². The number of H-pyrrole nitrogens is 1. The van der Waals surface area contributed by atoms with Gasteiger partial charge in [-0.2, -0.15) is 5.10 Å². The molecular weight excluding hydrogens is 418 g/mol. The lowest BCUT2D eigenvalue weighted by atomic mass is 10.2. The molecule has 4 aromatic rings. The average molecular weight is 444 g/mol. The highest BCUT2D eigenvalue weighted by Crippen LogP contribution is 2.20. The molecule has 2 N–H and O–H groups in total. The number of ether oxygens (including phenoxy) is 1. The monoisotopic (exact) mass is 443 g/mol. The molecule has 1 atom stereocenters. The first kappa shape index (κ1) is 22.0. The van der Waals surface area contributed by atoms with Gasteiger partial charge in [0.25, 0.3) is 11.5 Å². The predicted molar refractivity (Wildman–Crippen MR) is 125 cm³/mol. The van der Waals surface area contributed by atoms with Crippen LogP contribution >= 0.6 is 0 Å². The number of carbonyl (C=O) groups is 1. The van der Waals surface area contributed by atoms with E-state index in [4.69, 9.17) is 4.74 Å². The number of nitrogens with zero attached hydrogens (tertiary/aromatic N) is 3. The molecule has 2 heterocycles. The van der Waals surface area contributed by atoms with Crippen molar-refractivity contribution in [1.29, 1.82) is 0 Å². The summed E-state index contributed by atoms with van der Waals surface area (Å²) < 4.78 is 6.87. The molecule has 1 unspecified atom stereocenters. The summed E-state index contributed by atoms with van der Waals surface area (Å²) in [6, 6.07) is 21.6. The van der Waals surface area contributed by atoms with E-state index in [-0.39, 0.29) is 36.4 Å². The number of benzene rings is 2. The summed E-state index contributed by atoms with van der Waals surface area (Å²) in [5.41, 5.74) is 1.75. The van der Waals surface area contributed by atoms with E-state index in [2.05, 4.69) is 20.4 Å². The quantitative estimate of drug-likeness (QED) is 0.412. The van der Waals surface area contributed by atoms with Crippen LogP contribution in [0.5, 0.6) is 5.75 Å². The van der Waals surface area contributed by atoms with E-state index in [1.165, 1.54) is 16.8 Å². The lowest BCUT2D eigenvalue weighted by Gasteiger charge is -2.15. The normalized spacial score (nSPS) is 11.7. The molecule has 168 valence electrons. The van der Waals surface area contributed by atoms with Crippen LogP contribution in [0.15, 0.2) is 83.8 Å². The molecule has 0 saturated carbocycles. The molecular formula is C25H25N5O3. The van der Waals surface area contributed by atoms with Crippen molar-refractivity contribution in [3.05, 3.63) is 101 Å². The average Bonchev–Trinajstić information content (AvgIpc) is 3.35. The van der Waals surface area contributed by atoms with Crippen LogP contribution in [-0.2, 0) is 6.54 Å². The van der Waals surface area contributed by atoms with Crippen LogP contribution in [0.1, 0.15) is 35.7 Å². The molecule has 0 spiro atoms. The van der Waals surface area contributed by atoms with Crippen LogP contribution in [0, 0.1) is 0 Å². The van der Waals surface area contributed by atoms with Crippen molar-refractivity contribution in [2.24, 2.45) is 0 Å². The van der Waals surface area contributed by atoms with Crippen LogP contribution in [0.4, 0.5) is 0 Å². The number of aromatic amines is 1. The Hall–Kier alpha value is -4.20. The molecule has 0 aliphatic rings. The molecule has 0 bridgehead atoms. The van der Waals surface area contributed by atoms with E-state index in [0.29, 0.717) is 18.0 Å². The SMILES string of the molecule is CCC(NC(=O)c1ccc(=O)n(CCOc2ccccc2)n1)c1ncc(-c2ccccc2)[nH]1. The zero-order chi connectivity index (χ0) is 23.0. The van der Waals surface area contributed by atoms with Crippen LogP contribution in [0.3, 0.4) is 0 Å². The van der Waals surface area contributed by atoms with Gasteiger partial charge in [0.1, 0.15) is 23.9 Å². The first-order valence-corrected chi connectivity index (χ1v) is 10.8. The lowest BCUT2D eigenvalue weighted by molar-refractivity contribution is 0.0925. The second kappa shape index (κ2) is 10.4. The van der Waals surface area contributed by atoms with E-state index < -0.39 is 0 Å². The molecule has 0 aliphatic heterocycles. The number of carbonyl (C=O) groups excluding carboxylic acids is 1. The Bertz CT molecular complexity index is 1250. The smallest absolute Gasteiger partial charge is 0.272 e. The molecule has 2 aromatic carbocycles. The third kappa shape index (κ3) is 5.54. The standard InChI is InChI=1S/C25H25N5O3/c1-2-20(24-26-17-22(27-24)18-9-5-3-6-10-18)28-25(32)21-13-14-23(31)30(29-21)15-16-33-19-11-7-4-8-12-19/h3-14,17,20H,2,15-16H2,1H3,(H,26,27)(H,28,32). The van der Waals surface area contributed by atoms with Crippen LogP contribution in [-0.4, -0.2) is 32.3 Å². The molecule has 8 nitrogen and oxygen atoms in total. The number of nitrogens with one attached hydrogen (secondary N) is 2. The lowest BCUT2D eigenvalue weighted by Crippen LogP contribution is -2.33. The summed E-state index contributed by atoms with van der Waals surface area (Å²) in [4.78, 5) is 32.8. The summed E-state index contributed by atoms with van der Waals surface area (Å²) in [5, 5.41) is 7.17. The Balaban J connectivity index is 1.42. The van der Waals surface area contributed by atoms with Gasteiger partial charge in [-0.1, -0.05) is 55.5 Å². The van der Waals surface area contributed by atoms with Crippen molar-refractivity contribution in [2.75, 3.05) is 6.61 Å². The predicted octanol–water partition coefficient (Wildman–Crippen LogP) is 3.59. The summed E-state index contributed by atoms with van der Waals surface area (Å²) in [7, 11) is 0. The van der Waals surface area contributed by atoms with Crippen LogP contribution in [0.25, 0.3) is 11.3 Å². The minimum Gasteiger partial charge on any atom is -0.492 e. The Morgan fingerprint density at radius 1 is 1.06 bits per heavy atom. The van der Waals surface area contributed by atoms with Gasteiger partial charge in [-0.15, -0.1) is 0 Å². The number of imidazole rings is 1. The van der Waals surface area contributed by atoms with Crippen LogP contribution < -0.4 is 15.6 Å². The van der Waals surface area contributed by atoms with Gasteiger partial charge in [-0.3, -0.25) is 9.59 Å². The Morgan fingerprint density at radius 3 is 2.52 bits per heavy atom. The van der Waals surface area contributed by atoms with Crippen molar-refractivity contribution < 1.29 is 9.53 Å². The number of aromatic nitrogens is 4. The maximum atomic E-state index is 12.9. The fourth-order valence-electron chi connectivity index (χ4n) is 3.37. The fraction of sp³-hybridized carbons (Fsp3) is 0.200. The fourth-order valence-corrected chi connectivity index (χ4v) is 3.37. The van der Waals surface area contributed by atoms with Gasteiger partial charge >= 0.3 is 0 Å². The van der Waals surface area contributed by atoms with E-state index in [0.717, 1.165) is 11.3 Å². The number of hydrogen-bond donors (Lipinski definition) is 2. The van der Waals surface area contributed by atoms with Gasteiger partial charge in [0.05, 0.1) is 24.5 Å². The Morgan fingerprint density at radius 2 is 1.79 bits per heavy atom. The second-order valence-electron chi connectivity index (χ2n) is 7.42. The summed E-state index contributed by atoms with van der Waals surface area (Å²) in [6.07, 6.45) is 2.39. The zero-order valence-electron chi connectivity index (χ0n) is 18.3. The molecule has 0 fully saturated rings. The van der Waals surface area contributed by atoms with Gasteiger partial charge in [-0.05, 0) is 30.2 Å². The zero-order valence-corrected chi connectivity index (χ0v) is 18.3. The summed E-state index contributed by atoms with van der Waals surface area (Å²) >= 11 is 0. The topological polar surface area (TPSA) is 102 Å². The van der Waals surface area contributed by atoms with E-state index in [1.807, 2.05) is 67.6 Å². The highest BCUT2D eigenvalue weighted by Gasteiger charge is 2.19. The third-order valence-corrected chi connectivity index (χ3v) is 5.14. The Kier molecular flexibility index (Phi) is 6.94. The summed E-state index contributed by atoms with van der Waals surface area (Å²) in [6.45, 7) is 2.45. The van der Waals surface area contributed by atoms with Gasteiger partial charge in [0.15, 0.2) is 0 Å². The molecule has 2 aromatic heterocycles. The molecule has 0 aliphatic carbocycles. The van der Waals surface area contributed by atoms with E-state index >= 15 is 0 Å². The van der Waals surface area contributed by atoms with Crippen molar-refractivity contribution in [2.45, 2.75) is 25.9 Å². The van der Waals surface area contributed by atoms with Crippen molar-refractivity contribution >= 4 is 5.91 Å². The molecule has 33 heavy (non-hydrogen) atoms.